The monoisotopic (exact) mass is 501 g/mol. The number of anilines is 1. The summed E-state index contributed by atoms with van der Waals surface area (Å²) in [6, 6.07) is 12.9. The molecule has 0 aliphatic carbocycles. The van der Waals surface area contributed by atoms with Gasteiger partial charge in [-0.2, -0.15) is 5.10 Å². The third kappa shape index (κ3) is 3.15. The normalized spacial score (nSPS) is 20.3. The Bertz CT molecular complexity index is 1680. The SMILES string of the molecule is C[C@@H]1CCCN(c2ncnc3[nH]cc(C(=O)O)c23)[C@]1(S)c1nn2cccc2c(=O)n1-c1ccccc1. The van der Waals surface area contributed by atoms with Gasteiger partial charge in [0.15, 0.2) is 5.82 Å². The summed E-state index contributed by atoms with van der Waals surface area (Å²) in [6.07, 6.45) is 6.23. The summed E-state index contributed by atoms with van der Waals surface area (Å²) in [5, 5.41) is 15.2. The van der Waals surface area contributed by atoms with Gasteiger partial charge in [0.2, 0.25) is 0 Å². The summed E-state index contributed by atoms with van der Waals surface area (Å²) in [5.74, 6) is -0.291. The van der Waals surface area contributed by atoms with Gasteiger partial charge in [-0.1, -0.05) is 25.1 Å². The first kappa shape index (κ1) is 22.4. The Morgan fingerprint density at radius 3 is 2.78 bits per heavy atom. The van der Waals surface area contributed by atoms with Crippen molar-refractivity contribution in [3.05, 3.63) is 82.9 Å². The number of carbonyl (C=O) groups is 1. The number of hydrogen-bond acceptors (Lipinski definition) is 7. The highest BCUT2D eigenvalue weighted by Gasteiger charge is 2.48. The van der Waals surface area contributed by atoms with Crippen LogP contribution in [-0.2, 0) is 4.87 Å². The number of nitrogens with zero attached hydrogens (tertiary/aromatic N) is 6. The summed E-state index contributed by atoms with van der Waals surface area (Å²) in [6.45, 7) is 2.60. The molecule has 0 amide bonds. The van der Waals surface area contributed by atoms with E-state index in [4.69, 9.17) is 17.7 Å². The number of carboxylic acids is 1. The summed E-state index contributed by atoms with van der Waals surface area (Å²) >= 11 is 5.28. The number of benzene rings is 1. The fraction of sp³-hybridized carbons (Fsp3) is 0.240. The second-order valence-corrected chi connectivity index (χ2v) is 9.67. The van der Waals surface area contributed by atoms with Crippen molar-refractivity contribution in [3.8, 4) is 5.69 Å². The number of carboxylic acid groups (broad SMARTS) is 1. The molecule has 5 heterocycles. The molecule has 0 spiro atoms. The first-order valence-corrected chi connectivity index (χ1v) is 12.1. The maximum absolute atomic E-state index is 13.8. The van der Waals surface area contributed by atoms with Crippen LogP contribution in [-0.4, -0.2) is 46.8 Å². The highest BCUT2D eigenvalue weighted by atomic mass is 32.1. The lowest BCUT2D eigenvalue weighted by Gasteiger charge is -2.48. The van der Waals surface area contributed by atoms with Crippen LogP contribution in [0.1, 0.15) is 35.9 Å². The van der Waals surface area contributed by atoms with Gasteiger partial charge in [0.05, 0.1) is 16.6 Å². The quantitative estimate of drug-likeness (QED) is 0.322. The number of thiol groups is 1. The molecule has 1 aliphatic heterocycles. The maximum Gasteiger partial charge on any atom is 0.338 e. The molecule has 182 valence electrons. The smallest absolute Gasteiger partial charge is 0.338 e. The molecular formula is C25H23N7O3S. The molecule has 1 aliphatic rings. The first-order valence-electron chi connectivity index (χ1n) is 11.6. The van der Waals surface area contributed by atoms with Crippen LogP contribution in [0.4, 0.5) is 5.82 Å². The Balaban J connectivity index is 1.68. The van der Waals surface area contributed by atoms with Crippen molar-refractivity contribution in [1.82, 2.24) is 29.1 Å². The Morgan fingerprint density at radius 2 is 2.00 bits per heavy atom. The number of fused-ring (bicyclic) bond motifs is 2. The third-order valence-corrected chi connectivity index (χ3v) is 7.84. The van der Waals surface area contributed by atoms with E-state index in [0.717, 1.165) is 12.8 Å². The highest BCUT2D eigenvalue weighted by molar-refractivity contribution is 7.81. The van der Waals surface area contributed by atoms with Crippen molar-refractivity contribution >= 4 is 41.0 Å². The number of piperidine rings is 1. The molecule has 5 aromatic rings. The predicted molar refractivity (Wildman–Crippen MR) is 138 cm³/mol. The minimum absolute atomic E-state index is 0.0679. The number of aromatic nitrogens is 6. The zero-order valence-electron chi connectivity index (χ0n) is 19.4. The third-order valence-electron chi connectivity index (χ3n) is 6.96. The Hall–Kier alpha value is -4.12. The van der Waals surface area contributed by atoms with Crippen LogP contribution in [0.5, 0.6) is 0 Å². The average molecular weight is 502 g/mol. The summed E-state index contributed by atoms with van der Waals surface area (Å²) in [5.41, 5.74) is 1.38. The Labute approximate surface area is 210 Å². The van der Waals surface area contributed by atoms with Crippen LogP contribution in [0.3, 0.4) is 0 Å². The van der Waals surface area contributed by atoms with Crippen molar-refractivity contribution in [1.29, 1.82) is 0 Å². The fourth-order valence-corrected chi connectivity index (χ4v) is 5.63. The molecule has 6 rings (SSSR count). The molecule has 1 saturated heterocycles. The lowest BCUT2D eigenvalue weighted by atomic mass is 9.88. The lowest BCUT2D eigenvalue weighted by Crippen LogP contribution is -2.54. The van der Waals surface area contributed by atoms with E-state index < -0.39 is 10.8 Å². The van der Waals surface area contributed by atoms with Crippen LogP contribution >= 0.6 is 12.6 Å². The Kier molecular flexibility index (Phi) is 5.11. The number of aromatic amines is 1. The molecule has 2 N–H and O–H groups in total. The predicted octanol–water partition coefficient (Wildman–Crippen LogP) is 3.47. The zero-order valence-corrected chi connectivity index (χ0v) is 20.3. The van der Waals surface area contributed by atoms with E-state index in [1.165, 1.54) is 12.5 Å². The van der Waals surface area contributed by atoms with E-state index in [-0.39, 0.29) is 17.0 Å². The second-order valence-electron chi connectivity index (χ2n) is 8.99. The largest absolute Gasteiger partial charge is 0.478 e. The molecule has 1 fully saturated rings. The second kappa shape index (κ2) is 8.23. The van der Waals surface area contributed by atoms with Gasteiger partial charge in [0.1, 0.15) is 28.2 Å². The van der Waals surface area contributed by atoms with E-state index in [0.29, 0.717) is 40.4 Å². The van der Waals surface area contributed by atoms with Gasteiger partial charge in [0.25, 0.3) is 5.56 Å². The van der Waals surface area contributed by atoms with Gasteiger partial charge in [-0.15, -0.1) is 12.6 Å². The molecular weight excluding hydrogens is 478 g/mol. The molecule has 10 nitrogen and oxygen atoms in total. The summed E-state index contributed by atoms with van der Waals surface area (Å²) in [4.78, 5) is 38.4. The van der Waals surface area contributed by atoms with Gasteiger partial charge in [-0.05, 0) is 43.0 Å². The van der Waals surface area contributed by atoms with Crippen LogP contribution in [0.15, 0.2) is 66.0 Å². The van der Waals surface area contributed by atoms with Crippen LogP contribution < -0.4 is 10.5 Å². The van der Waals surface area contributed by atoms with Gasteiger partial charge < -0.3 is 15.0 Å². The molecule has 1 aromatic carbocycles. The minimum Gasteiger partial charge on any atom is -0.478 e. The molecule has 0 unspecified atom stereocenters. The number of hydrogen-bond donors (Lipinski definition) is 3. The van der Waals surface area contributed by atoms with Crippen molar-refractivity contribution < 1.29 is 9.90 Å². The molecule has 36 heavy (non-hydrogen) atoms. The first-order chi connectivity index (χ1) is 17.4. The van der Waals surface area contributed by atoms with Crippen LogP contribution in [0.2, 0.25) is 0 Å². The fourth-order valence-electron chi connectivity index (χ4n) is 5.16. The molecule has 11 heteroatoms. The maximum atomic E-state index is 13.8. The van der Waals surface area contributed by atoms with E-state index in [1.54, 1.807) is 27.4 Å². The van der Waals surface area contributed by atoms with E-state index >= 15 is 0 Å². The summed E-state index contributed by atoms with van der Waals surface area (Å²) in [7, 11) is 0. The number of para-hydroxylation sites is 1. The van der Waals surface area contributed by atoms with Crippen molar-refractivity contribution in [2.45, 2.75) is 24.6 Å². The van der Waals surface area contributed by atoms with Gasteiger partial charge in [0, 0.05) is 18.9 Å². The van der Waals surface area contributed by atoms with Gasteiger partial charge in [-0.3, -0.25) is 9.36 Å². The lowest BCUT2D eigenvalue weighted by molar-refractivity contribution is 0.0699. The van der Waals surface area contributed by atoms with Crippen molar-refractivity contribution in [3.63, 3.8) is 0 Å². The zero-order chi connectivity index (χ0) is 25.0. The number of nitrogens with one attached hydrogen (secondary N) is 1. The number of H-pyrrole nitrogens is 1. The van der Waals surface area contributed by atoms with Gasteiger partial charge in [-0.25, -0.2) is 19.3 Å². The van der Waals surface area contributed by atoms with Crippen molar-refractivity contribution in [2.75, 3.05) is 11.4 Å². The van der Waals surface area contributed by atoms with Crippen LogP contribution in [0.25, 0.3) is 22.2 Å². The van der Waals surface area contributed by atoms with E-state index in [2.05, 4.69) is 21.9 Å². The highest BCUT2D eigenvalue weighted by Crippen LogP contribution is 2.47. The van der Waals surface area contributed by atoms with Gasteiger partial charge >= 0.3 is 5.97 Å². The minimum atomic E-state index is -1.10. The molecule has 0 radical (unpaired) electrons. The topological polar surface area (TPSA) is 121 Å². The van der Waals surface area contributed by atoms with Crippen LogP contribution in [0, 0.1) is 5.92 Å². The number of aromatic carboxylic acids is 1. The standard InChI is InChI=1S/C25H23N7O3S/c1-15-7-5-11-30(21-19-17(23(34)35)13-26-20(19)27-14-28-21)25(15,36)24-29-31-12-6-10-18(31)22(33)32(24)16-8-3-2-4-9-16/h2-4,6,8-10,12-15,36H,5,7,11H2,1H3,(H,34,35)(H,26,27,28)/t15-,25-/m1/s1. The average Bonchev–Trinajstić information content (AvgIpc) is 3.54. The van der Waals surface area contributed by atoms with E-state index in [1.807, 2.05) is 35.2 Å². The molecule has 0 saturated carbocycles. The van der Waals surface area contributed by atoms with Crippen molar-refractivity contribution in [2.24, 2.45) is 5.92 Å². The molecule has 0 bridgehead atoms. The molecule has 4 aromatic heterocycles. The van der Waals surface area contributed by atoms with E-state index in [9.17, 15) is 14.7 Å². The summed E-state index contributed by atoms with van der Waals surface area (Å²) < 4.78 is 3.17. The number of rotatable bonds is 4. The molecule has 2 atom stereocenters. The Morgan fingerprint density at radius 1 is 1.19 bits per heavy atom.